The van der Waals surface area contributed by atoms with Crippen LogP contribution in [0.4, 0.5) is 0 Å². The molecule has 5 aliphatic carbocycles. The highest BCUT2D eigenvalue weighted by atomic mass is 17.3. The van der Waals surface area contributed by atoms with Crippen LogP contribution >= 0.6 is 0 Å². The number of aliphatic hydroxyl groups is 1. The van der Waals surface area contributed by atoms with Crippen LogP contribution in [-0.4, -0.2) is 52.4 Å². The lowest BCUT2D eigenvalue weighted by atomic mass is 9.43. The molecule has 0 aromatic heterocycles. The summed E-state index contributed by atoms with van der Waals surface area (Å²) in [4.78, 5) is 23.7. The molecule has 9 rings (SSSR count). The monoisotopic (exact) mass is 658 g/mol. The third-order valence-corrected chi connectivity index (χ3v) is 16.6. The number of aliphatic hydroxyl groups excluding tert-OH is 1. The molecule has 5 saturated carbocycles. The summed E-state index contributed by atoms with van der Waals surface area (Å²) in [5.74, 6) is 2.72. The van der Waals surface area contributed by atoms with Crippen molar-refractivity contribution in [3.05, 3.63) is 0 Å². The predicted molar refractivity (Wildman–Crippen MR) is 174 cm³/mol. The van der Waals surface area contributed by atoms with Gasteiger partial charge in [-0.3, -0.25) is 4.79 Å². The van der Waals surface area contributed by atoms with Crippen molar-refractivity contribution in [2.24, 2.45) is 70.0 Å². The highest BCUT2D eigenvalue weighted by Gasteiger charge is 2.70. The average Bonchev–Trinajstić information content (AvgIpc) is 3.22. The minimum absolute atomic E-state index is 0.118. The lowest BCUT2D eigenvalue weighted by molar-refractivity contribution is -0.578. The summed E-state index contributed by atoms with van der Waals surface area (Å²) in [6.07, 6.45) is 12.9. The van der Waals surface area contributed by atoms with Gasteiger partial charge in [0.25, 0.3) is 0 Å². The van der Waals surface area contributed by atoms with Gasteiger partial charge in [0.15, 0.2) is 18.2 Å². The highest BCUT2D eigenvalue weighted by molar-refractivity contribution is 5.66. The van der Waals surface area contributed by atoms with Crippen molar-refractivity contribution in [2.45, 2.75) is 168 Å². The second-order valence-corrected chi connectivity index (χ2v) is 18.7. The van der Waals surface area contributed by atoms with Gasteiger partial charge in [-0.1, -0.05) is 34.6 Å². The van der Waals surface area contributed by atoms with Crippen LogP contribution in [-0.2, 0) is 28.8 Å². The molecule has 0 aromatic carbocycles. The smallest absolute Gasteiger partial charge is 0.303 e. The first-order valence-corrected chi connectivity index (χ1v) is 19.5. The molecule has 2 bridgehead atoms. The van der Waals surface area contributed by atoms with Gasteiger partial charge >= 0.3 is 5.97 Å². The Morgan fingerprint density at radius 3 is 2.38 bits per heavy atom. The van der Waals surface area contributed by atoms with E-state index >= 15 is 0 Å². The van der Waals surface area contributed by atoms with Gasteiger partial charge in [-0.05, 0) is 142 Å². The second kappa shape index (κ2) is 11.6. The van der Waals surface area contributed by atoms with Crippen molar-refractivity contribution >= 4 is 5.97 Å². The van der Waals surface area contributed by atoms with Crippen LogP contribution in [0.25, 0.3) is 0 Å². The quantitative estimate of drug-likeness (QED) is 0.221. The summed E-state index contributed by atoms with van der Waals surface area (Å²) >= 11 is 0. The number of carboxylic acids is 1. The number of ether oxygens (including phenoxy) is 3. The van der Waals surface area contributed by atoms with Crippen molar-refractivity contribution in [3.63, 3.8) is 0 Å². The summed E-state index contributed by atoms with van der Waals surface area (Å²) in [7, 11) is 0. The number of hydrogen-bond donors (Lipinski definition) is 2. The summed E-state index contributed by atoms with van der Waals surface area (Å²) in [6, 6.07) is 0. The molecule has 0 amide bonds. The average molecular weight is 659 g/mol. The topological polar surface area (TPSA) is 104 Å². The Morgan fingerprint density at radius 2 is 1.60 bits per heavy atom. The fourth-order valence-electron chi connectivity index (χ4n) is 14.1. The Morgan fingerprint density at radius 1 is 0.872 bits per heavy atom. The fraction of sp³-hybridized carbons (Fsp3) is 0.974. The third-order valence-electron chi connectivity index (χ3n) is 16.6. The van der Waals surface area contributed by atoms with Crippen LogP contribution in [0, 0.1) is 70.0 Å². The first-order chi connectivity index (χ1) is 22.3. The Bertz CT molecular complexity index is 1210. The maximum absolute atomic E-state index is 11.9. The molecule has 4 aliphatic heterocycles. The molecule has 47 heavy (non-hydrogen) atoms. The van der Waals surface area contributed by atoms with Crippen LogP contribution in [0.5, 0.6) is 0 Å². The lowest BCUT2D eigenvalue weighted by Gasteiger charge is -2.63. The van der Waals surface area contributed by atoms with E-state index in [1.165, 1.54) is 32.1 Å². The molecule has 0 aromatic rings. The van der Waals surface area contributed by atoms with Gasteiger partial charge in [-0.25, -0.2) is 9.78 Å². The van der Waals surface area contributed by atoms with E-state index in [2.05, 4.69) is 34.6 Å². The van der Waals surface area contributed by atoms with Crippen LogP contribution < -0.4 is 0 Å². The Hall–Kier alpha value is -0.770. The maximum Gasteiger partial charge on any atom is 0.303 e. The maximum atomic E-state index is 11.9. The van der Waals surface area contributed by atoms with Crippen LogP contribution in [0.1, 0.15) is 131 Å². The molecule has 2 N–H and O–H groups in total. The standard InChI is InChI=1S/C39H62O8/c1-21(8-12-32(41)42)26-10-11-29-33-30(14-17-37(26,29)5)36(4)16-13-25(19-24(36)20-31(33)40)43-34-23(3)28-9-7-22(2)27-15-18-38(6)45-35(44-34)39(27,28)47-46-38/h21-31,33-35,40H,7-20H2,1-6H3,(H,41,42)/t21-,22-,23-,24?,25-,26-,27?,28?,29?,30?,31+,33?,34?,35?,36+,37-,38+,39-/m1/s1. The zero-order valence-corrected chi connectivity index (χ0v) is 29.8. The Labute approximate surface area is 282 Å². The first kappa shape index (κ1) is 33.4. The molecule has 8 heteroatoms. The van der Waals surface area contributed by atoms with Crippen LogP contribution in [0.3, 0.4) is 0 Å². The number of rotatable bonds is 6. The molecule has 266 valence electrons. The van der Waals surface area contributed by atoms with E-state index in [1.807, 2.05) is 6.92 Å². The van der Waals surface area contributed by atoms with Gasteiger partial charge in [0.1, 0.15) is 0 Å². The second-order valence-electron chi connectivity index (χ2n) is 18.7. The van der Waals surface area contributed by atoms with E-state index in [0.29, 0.717) is 47.3 Å². The van der Waals surface area contributed by atoms with E-state index in [-0.39, 0.29) is 47.6 Å². The van der Waals surface area contributed by atoms with E-state index in [1.54, 1.807) is 0 Å². The molecule has 4 heterocycles. The van der Waals surface area contributed by atoms with Crippen molar-refractivity contribution in [2.75, 3.05) is 0 Å². The highest BCUT2D eigenvalue weighted by Crippen LogP contribution is 2.69. The largest absolute Gasteiger partial charge is 0.481 e. The molecule has 9 fully saturated rings. The number of fused-ring (bicyclic) bond motifs is 7. The number of hydrogen-bond acceptors (Lipinski definition) is 7. The van der Waals surface area contributed by atoms with E-state index in [4.69, 9.17) is 24.0 Å². The summed E-state index contributed by atoms with van der Waals surface area (Å²) < 4.78 is 20.4. The Balaban J connectivity index is 0.961. The predicted octanol–water partition coefficient (Wildman–Crippen LogP) is 7.71. The molecule has 0 radical (unpaired) electrons. The summed E-state index contributed by atoms with van der Waals surface area (Å²) in [5.41, 5.74) is -0.142. The fourth-order valence-corrected chi connectivity index (χ4v) is 14.1. The van der Waals surface area contributed by atoms with Crippen molar-refractivity contribution in [1.82, 2.24) is 0 Å². The number of carbonyl (C=O) groups is 1. The summed E-state index contributed by atoms with van der Waals surface area (Å²) in [6.45, 7) is 13.9. The summed E-state index contributed by atoms with van der Waals surface area (Å²) in [5, 5.41) is 21.3. The van der Waals surface area contributed by atoms with Crippen molar-refractivity contribution < 1.29 is 39.0 Å². The molecular weight excluding hydrogens is 596 g/mol. The normalized spacial score (nSPS) is 57.2. The minimum atomic E-state index is -0.782. The zero-order valence-electron chi connectivity index (χ0n) is 29.8. The molecule has 8 unspecified atom stereocenters. The molecule has 18 atom stereocenters. The van der Waals surface area contributed by atoms with E-state index in [9.17, 15) is 15.0 Å². The van der Waals surface area contributed by atoms with Gasteiger partial charge in [-0.15, -0.1) is 0 Å². The number of aliphatic carboxylic acids is 1. The van der Waals surface area contributed by atoms with Crippen molar-refractivity contribution in [3.8, 4) is 0 Å². The molecule has 8 nitrogen and oxygen atoms in total. The Kier molecular flexibility index (Phi) is 8.26. The third kappa shape index (κ3) is 4.98. The molecule has 4 saturated heterocycles. The zero-order chi connectivity index (χ0) is 33.1. The van der Waals surface area contributed by atoms with E-state index in [0.717, 1.165) is 51.4 Å². The minimum Gasteiger partial charge on any atom is -0.481 e. The number of carboxylic acid groups (broad SMARTS) is 1. The van der Waals surface area contributed by atoms with E-state index < -0.39 is 23.6 Å². The van der Waals surface area contributed by atoms with Gasteiger partial charge in [0.05, 0.1) is 12.2 Å². The van der Waals surface area contributed by atoms with Crippen molar-refractivity contribution in [1.29, 1.82) is 0 Å². The van der Waals surface area contributed by atoms with Crippen LogP contribution in [0.15, 0.2) is 0 Å². The van der Waals surface area contributed by atoms with Crippen LogP contribution in [0.2, 0.25) is 0 Å². The molecule has 9 aliphatic rings. The van der Waals surface area contributed by atoms with Gasteiger partial charge in [-0.2, -0.15) is 0 Å². The molecule has 1 spiro atoms. The first-order valence-electron chi connectivity index (χ1n) is 19.5. The van der Waals surface area contributed by atoms with Gasteiger partial charge < -0.3 is 24.4 Å². The SMILES string of the molecule is C[C@H]1C(O[C@@H]2CC[C@@]3(C)C(C2)C[C@H](O)C2C3CC[C@@]3(C)C2CC[C@@H]3[C@H](C)CCC(=O)O)OC2O[C@]3(C)CCC4[C@H](C)CCC1[C@@]24OO3. The van der Waals surface area contributed by atoms with Gasteiger partial charge in [0, 0.05) is 24.7 Å². The molecular formula is C39H62O8. The lowest BCUT2D eigenvalue weighted by Crippen LogP contribution is -2.70. The van der Waals surface area contributed by atoms with Gasteiger partial charge in [0.2, 0.25) is 5.79 Å².